The number of nitrogens with zero attached hydrogens (tertiary/aromatic N) is 2. The molecule has 0 unspecified atom stereocenters. The summed E-state index contributed by atoms with van der Waals surface area (Å²) in [5.41, 5.74) is -1.57. The van der Waals surface area contributed by atoms with Crippen LogP contribution < -0.4 is 0 Å². The number of aryl methyl sites for hydroxylation is 1. The summed E-state index contributed by atoms with van der Waals surface area (Å²) in [5, 5.41) is 16.3. The van der Waals surface area contributed by atoms with Gasteiger partial charge in [0.25, 0.3) is 0 Å². The van der Waals surface area contributed by atoms with Gasteiger partial charge >= 0.3 is 35.6 Å². The van der Waals surface area contributed by atoms with Crippen molar-refractivity contribution < 1.29 is 39.7 Å². The molecule has 24 heavy (non-hydrogen) atoms. The van der Waals surface area contributed by atoms with Gasteiger partial charge in [-0.1, -0.05) is 12.1 Å². The van der Waals surface area contributed by atoms with Gasteiger partial charge in [-0.15, -0.1) is 10.2 Å². The molecule has 0 atom stereocenters. The molecule has 10 heteroatoms. The van der Waals surface area contributed by atoms with Crippen LogP contribution in [0.4, 0.5) is 28.9 Å². The molecule has 0 saturated heterocycles. The zero-order chi connectivity index (χ0) is 18.4. The Kier molecular flexibility index (Phi) is 8.16. The third-order valence-corrected chi connectivity index (χ3v) is 2.93. The molecule has 1 N–H and O–H groups in total. The van der Waals surface area contributed by atoms with Gasteiger partial charge in [-0.05, 0) is 25.5 Å². The first-order valence-electron chi connectivity index (χ1n) is 6.25. The second kappa shape index (κ2) is 9.37. The molecule has 3 nitrogen and oxygen atoms in total. The van der Waals surface area contributed by atoms with E-state index in [1.807, 2.05) is 0 Å². The molecule has 2 aromatic carbocycles. The molecule has 2 aromatic rings. The second-order valence-corrected chi connectivity index (χ2v) is 7.02. The molecule has 0 saturated carbocycles. The van der Waals surface area contributed by atoms with Crippen LogP contribution in [-0.4, -0.2) is 5.11 Å². The molecule has 2 rings (SSSR count). The molecule has 0 aliphatic heterocycles. The predicted molar refractivity (Wildman–Crippen MR) is 79.7 cm³/mol. The molecule has 128 valence electrons. The van der Waals surface area contributed by atoms with E-state index in [1.165, 1.54) is 12.1 Å². The van der Waals surface area contributed by atoms with Crippen molar-refractivity contribution in [3.63, 3.8) is 0 Å². The van der Waals surface area contributed by atoms with Crippen molar-refractivity contribution in [3.8, 4) is 5.75 Å². The maximum atomic E-state index is 13.6. The fourth-order valence-corrected chi connectivity index (χ4v) is 1.65. The number of aromatic hydroxyl groups is 1. The van der Waals surface area contributed by atoms with Crippen LogP contribution >= 0.6 is 18.6 Å². The van der Waals surface area contributed by atoms with Gasteiger partial charge in [0.15, 0.2) is 29.0 Å². The molecule has 0 aliphatic carbocycles. The van der Waals surface area contributed by atoms with Crippen molar-refractivity contribution in [2.24, 2.45) is 10.2 Å². The number of phenolic OH excluding ortho intramolecular Hbond substituents is 1. The summed E-state index contributed by atoms with van der Waals surface area (Å²) < 4.78 is 53.9. The van der Waals surface area contributed by atoms with Crippen molar-refractivity contribution in [1.82, 2.24) is 0 Å². The van der Waals surface area contributed by atoms with E-state index >= 15 is 0 Å². The summed E-state index contributed by atoms with van der Waals surface area (Å²) in [6, 6.07) is 4.45. The van der Waals surface area contributed by atoms with Crippen LogP contribution in [0.1, 0.15) is 11.1 Å². The Labute approximate surface area is 152 Å². The molecule has 0 bridgehead atoms. The van der Waals surface area contributed by atoms with Crippen LogP contribution in [-0.2, 0) is 17.0 Å². The zero-order valence-electron chi connectivity index (χ0n) is 12.3. The third-order valence-electron chi connectivity index (χ3n) is 2.93. The fraction of sp³-hybridized carbons (Fsp3) is 0.143. The number of azo groups is 1. The van der Waals surface area contributed by atoms with Gasteiger partial charge in [-0.2, -0.15) is 0 Å². The van der Waals surface area contributed by atoms with Gasteiger partial charge in [-0.3, -0.25) is 0 Å². The molecule has 0 radical (unpaired) electrons. The van der Waals surface area contributed by atoms with E-state index < -0.39 is 51.6 Å². The van der Waals surface area contributed by atoms with Gasteiger partial charge in [-0.25, -0.2) is 17.6 Å². The summed E-state index contributed by atoms with van der Waals surface area (Å²) in [4.78, 5) is 0. The third kappa shape index (κ3) is 4.69. The van der Waals surface area contributed by atoms with Crippen molar-refractivity contribution in [1.29, 1.82) is 0 Å². The molecule has 0 amide bonds. The van der Waals surface area contributed by atoms with E-state index in [9.17, 15) is 22.7 Å². The van der Waals surface area contributed by atoms with Crippen molar-refractivity contribution in [2.75, 3.05) is 0 Å². The Bertz CT molecular complexity index is 746. The Balaban J connectivity index is 0.000000891. The minimum atomic E-state index is -1.64. The van der Waals surface area contributed by atoms with Gasteiger partial charge in [0, 0.05) is 5.56 Å². The Morgan fingerprint density at radius 2 is 1.42 bits per heavy atom. The van der Waals surface area contributed by atoms with Crippen LogP contribution in [0.5, 0.6) is 5.75 Å². The predicted octanol–water partition coefficient (Wildman–Crippen LogP) is 6.36. The summed E-state index contributed by atoms with van der Waals surface area (Å²) in [5.74, 6) is -6.58. The molecular formula is C14H10Cl2F4N2OTi. The fourth-order valence-electron chi connectivity index (χ4n) is 1.65. The number of rotatable bonds is 2. The van der Waals surface area contributed by atoms with Crippen molar-refractivity contribution in [2.45, 2.75) is 13.8 Å². The van der Waals surface area contributed by atoms with Crippen molar-refractivity contribution >= 4 is 30.0 Å². The van der Waals surface area contributed by atoms with E-state index in [0.717, 1.165) is 6.92 Å². The van der Waals surface area contributed by atoms with Gasteiger partial charge < -0.3 is 5.11 Å². The molecule has 0 aromatic heterocycles. The summed E-state index contributed by atoms with van der Waals surface area (Å²) in [7, 11) is 9.78. The average molecular weight is 417 g/mol. The number of hydrogen-bond acceptors (Lipinski definition) is 3. The molecule has 0 heterocycles. The zero-order valence-corrected chi connectivity index (χ0v) is 15.4. The second-order valence-electron chi connectivity index (χ2n) is 4.44. The quantitative estimate of drug-likeness (QED) is 0.263. The first-order valence-corrected chi connectivity index (χ1v) is 10.5. The molecule has 0 spiro atoms. The first kappa shape index (κ1) is 20.9. The van der Waals surface area contributed by atoms with Crippen LogP contribution in [0.3, 0.4) is 0 Å². The van der Waals surface area contributed by atoms with E-state index in [2.05, 4.69) is 10.2 Å². The summed E-state index contributed by atoms with van der Waals surface area (Å²) in [6.07, 6.45) is 0. The first-order chi connectivity index (χ1) is 11.3. The Morgan fingerprint density at radius 3 is 1.92 bits per heavy atom. The number of benzene rings is 2. The van der Waals surface area contributed by atoms with E-state index in [4.69, 9.17) is 18.6 Å². The van der Waals surface area contributed by atoms with Crippen LogP contribution in [0.15, 0.2) is 28.4 Å². The molecular weight excluding hydrogens is 407 g/mol. The topological polar surface area (TPSA) is 45.0 Å². The SMILES string of the molecule is Cc1cccc(N=Nc2c(F)c(F)c(C)c(F)c2F)c1O.[Cl][Ti][Cl]. The summed E-state index contributed by atoms with van der Waals surface area (Å²) in [6.45, 7) is 2.49. The van der Waals surface area contributed by atoms with E-state index in [0.29, 0.717) is 5.56 Å². The Morgan fingerprint density at radius 1 is 0.917 bits per heavy atom. The average Bonchev–Trinajstić information content (AvgIpc) is 2.55. The number of hydrogen-bond donors (Lipinski definition) is 1. The normalized spacial score (nSPS) is 10.5. The van der Waals surface area contributed by atoms with Gasteiger partial charge in [0.1, 0.15) is 11.4 Å². The monoisotopic (exact) mass is 416 g/mol. The number of para-hydroxylation sites is 1. The van der Waals surface area contributed by atoms with Crippen LogP contribution in [0.2, 0.25) is 0 Å². The van der Waals surface area contributed by atoms with E-state index in [-0.39, 0.29) is 11.4 Å². The van der Waals surface area contributed by atoms with Crippen LogP contribution in [0, 0.1) is 37.1 Å². The molecule has 0 aliphatic rings. The molecule has 0 fully saturated rings. The Hall–Kier alpha value is -1.15. The standard InChI is InChI=1S/C14H10F4N2O.2ClH.Ti/c1-6-4-3-5-8(14(6)21)19-20-13-11(17)9(15)7(2)10(16)12(13)18;;;/h3-5,21H,1-2H3;2*1H;/q;;;+2/p-2. The minimum absolute atomic E-state index is 0.0739. The number of halogens is 6. The van der Waals surface area contributed by atoms with Crippen LogP contribution in [0.25, 0.3) is 0 Å². The number of phenols is 1. The maximum absolute atomic E-state index is 13.6. The van der Waals surface area contributed by atoms with E-state index in [1.54, 1.807) is 13.0 Å². The van der Waals surface area contributed by atoms with Gasteiger partial charge in [0.05, 0.1) is 0 Å². The van der Waals surface area contributed by atoms with Crippen molar-refractivity contribution in [3.05, 3.63) is 52.6 Å². The van der Waals surface area contributed by atoms with Gasteiger partial charge in [0.2, 0.25) is 0 Å². The summed E-state index contributed by atoms with van der Waals surface area (Å²) >= 11 is -0.556.